The average Bonchev–Trinajstić information content (AvgIpc) is 3.08. The van der Waals surface area contributed by atoms with Gasteiger partial charge in [0.15, 0.2) is 16.3 Å². The monoisotopic (exact) mass is 420 g/mol. The molecule has 2 heterocycles. The van der Waals surface area contributed by atoms with Crippen molar-refractivity contribution in [1.82, 2.24) is 19.1 Å². The number of hydrogen-bond acceptors (Lipinski definition) is 7. The van der Waals surface area contributed by atoms with Crippen molar-refractivity contribution in [2.24, 2.45) is 7.05 Å². The number of hydrogen-bond donors (Lipinski definition) is 3. The molecule has 0 amide bonds. The SMILES string of the molecule is CCc1ccc(OC[C@@H](O)Cn2c(SCCO)nc3c2c(=O)[nH]c(=O)n3C)cc1. The highest BCUT2D eigenvalue weighted by Crippen LogP contribution is 2.22. The standard InChI is InChI=1S/C19H24N4O5S/c1-3-12-4-6-14(7-5-12)28-11-13(25)10-23-15-16(20-19(23)29-9-8-24)22(2)18(27)21-17(15)26/h4-7,13,24-25H,3,8-11H2,1-2H3,(H,21,26,27)/t13-/m0/s1. The Morgan fingerprint density at radius 2 is 2.00 bits per heavy atom. The molecule has 0 aliphatic rings. The smallest absolute Gasteiger partial charge is 0.329 e. The van der Waals surface area contributed by atoms with Crippen molar-refractivity contribution < 1.29 is 14.9 Å². The summed E-state index contributed by atoms with van der Waals surface area (Å²) in [6.45, 7) is 2.08. The first-order valence-electron chi connectivity index (χ1n) is 9.27. The molecule has 156 valence electrons. The lowest BCUT2D eigenvalue weighted by Gasteiger charge is -2.15. The van der Waals surface area contributed by atoms with Crippen LogP contribution in [0.4, 0.5) is 0 Å². The molecule has 29 heavy (non-hydrogen) atoms. The van der Waals surface area contributed by atoms with Gasteiger partial charge in [0.25, 0.3) is 5.56 Å². The van der Waals surface area contributed by atoms with E-state index in [1.807, 2.05) is 24.3 Å². The van der Waals surface area contributed by atoms with Crippen LogP contribution in [0.1, 0.15) is 12.5 Å². The first-order valence-corrected chi connectivity index (χ1v) is 10.3. The number of H-pyrrole nitrogens is 1. The van der Waals surface area contributed by atoms with Gasteiger partial charge in [-0.25, -0.2) is 9.78 Å². The number of nitrogens with zero attached hydrogens (tertiary/aromatic N) is 3. The first kappa shape index (κ1) is 21.2. The van der Waals surface area contributed by atoms with E-state index in [-0.39, 0.29) is 30.9 Å². The lowest BCUT2D eigenvalue weighted by Crippen LogP contribution is -2.30. The molecule has 0 spiro atoms. The van der Waals surface area contributed by atoms with Gasteiger partial charge in [-0.3, -0.25) is 14.3 Å². The Kier molecular flexibility index (Phi) is 6.78. The van der Waals surface area contributed by atoms with Crippen LogP contribution >= 0.6 is 11.8 Å². The van der Waals surface area contributed by atoms with Gasteiger partial charge in [-0.05, 0) is 24.1 Å². The van der Waals surface area contributed by atoms with Gasteiger partial charge in [0.05, 0.1) is 13.2 Å². The molecular formula is C19H24N4O5S. The summed E-state index contributed by atoms with van der Waals surface area (Å²) in [6, 6.07) is 7.63. The lowest BCUT2D eigenvalue weighted by molar-refractivity contribution is 0.0913. The summed E-state index contributed by atoms with van der Waals surface area (Å²) in [5.74, 6) is 1.01. The molecule has 0 aliphatic heterocycles. The third kappa shape index (κ3) is 4.72. The van der Waals surface area contributed by atoms with Crippen molar-refractivity contribution in [3.63, 3.8) is 0 Å². The molecule has 9 nitrogen and oxygen atoms in total. The van der Waals surface area contributed by atoms with Crippen LogP contribution in [0.3, 0.4) is 0 Å². The second-order valence-electron chi connectivity index (χ2n) is 6.53. The van der Waals surface area contributed by atoms with Crippen LogP contribution in [0.2, 0.25) is 0 Å². The van der Waals surface area contributed by atoms with Crippen LogP contribution in [0.15, 0.2) is 39.0 Å². The second kappa shape index (κ2) is 9.29. The summed E-state index contributed by atoms with van der Waals surface area (Å²) in [4.78, 5) is 30.9. The highest BCUT2D eigenvalue weighted by atomic mass is 32.2. The molecule has 0 fully saturated rings. The average molecular weight is 420 g/mol. The van der Waals surface area contributed by atoms with Crippen molar-refractivity contribution >= 4 is 22.9 Å². The van der Waals surface area contributed by atoms with E-state index >= 15 is 0 Å². The first-order chi connectivity index (χ1) is 13.9. The molecule has 1 atom stereocenters. The number of nitrogens with one attached hydrogen (secondary N) is 1. The number of rotatable bonds is 9. The normalized spacial score (nSPS) is 12.4. The number of imidazole rings is 1. The third-order valence-corrected chi connectivity index (χ3v) is 5.42. The third-order valence-electron chi connectivity index (χ3n) is 4.46. The lowest BCUT2D eigenvalue weighted by atomic mass is 10.2. The highest BCUT2D eigenvalue weighted by molar-refractivity contribution is 7.99. The minimum Gasteiger partial charge on any atom is -0.491 e. The molecule has 0 aliphatic carbocycles. The minimum atomic E-state index is -0.914. The van der Waals surface area contributed by atoms with Crippen LogP contribution < -0.4 is 16.0 Å². The quantitative estimate of drug-likeness (QED) is 0.431. The van der Waals surface area contributed by atoms with Crippen LogP contribution in [-0.4, -0.2) is 54.4 Å². The molecule has 0 saturated carbocycles. The number of aliphatic hydroxyl groups excluding tert-OH is 2. The molecule has 0 unspecified atom stereocenters. The maximum Gasteiger partial charge on any atom is 0.329 e. The van der Waals surface area contributed by atoms with Crippen LogP contribution in [0.5, 0.6) is 5.75 Å². The van der Waals surface area contributed by atoms with Crippen molar-refractivity contribution in [1.29, 1.82) is 0 Å². The van der Waals surface area contributed by atoms with Crippen molar-refractivity contribution in [2.75, 3.05) is 19.0 Å². The molecule has 2 aromatic heterocycles. The fraction of sp³-hybridized carbons (Fsp3) is 0.421. The molecule has 3 rings (SSSR count). The Morgan fingerprint density at radius 3 is 2.66 bits per heavy atom. The van der Waals surface area contributed by atoms with Gasteiger partial charge in [0.1, 0.15) is 18.5 Å². The van der Waals surface area contributed by atoms with Crippen LogP contribution in [-0.2, 0) is 20.0 Å². The van der Waals surface area contributed by atoms with Crippen LogP contribution in [0.25, 0.3) is 11.2 Å². The molecule has 1 aromatic carbocycles. The zero-order valence-electron chi connectivity index (χ0n) is 16.3. The Balaban J connectivity index is 1.84. The molecule has 10 heteroatoms. The number of aliphatic hydroxyl groups is 2. The van der Waals surface area contributed by atoms with Crippen LogP contribution in [0, 0.1) is 0 Å². The van der Waals surface area contributed by atoms with Crippen molar-refractivity contribution in [3.05, 3.63) is 50.7 Å². The molecule has 0 bridgehead atoms. The number of ether oxygens (including phenoxy) is 1. The summed E-state index contributed by atoms with van der Waals surface area (Å²) < 4.78 is 8.45. The van der Waals surface area contributed by atoms with Gasteiger partial charge in [-0.15, -0.1) is 0 Å². The number of fused-ring (bicyclic) bond motifs is 1. The van der Waals surface area contributed by atoms with Gasteiger partial charge < -0.3 is 19.5 Å². The summed E-state index contributed by atoms with van der Waals surface area (Å²) in [5.41, 5.74) is 0.472. The van der Waals surface area contributed by atoms with Gasteiger partial charge >= 0.3 is 5.69 Å². The molecule has 0 saturated heterocycles. The van der Waals surface area contributed by atoms with E-state index < -0.39 is 17.4 Å². The van der Waals surface area contributed by atoms with E-state index in [0.717, 1.165) is 6.42 Å². The predicted molar refractivity (Wildman–Crippen MR) is 111 cm³/mol. The van der Waals surface area contributed by atoms with E-state index in [2.05, 4.69) is 16.9 Å². The number of thioether (sulfide) groups is 1. The Bertz CT molecular complexity index is 1090. The summed E-state index contributed by atoms with van der Waals surface area (Å²) in [7, 11) is 1.51. The highest BCUT2D eigenvalue weighted by Gasteiger charge is 2.20. The summed E-state index contributed by atoms with van der Waals surface area (Å²) in [5, 5.41) is 20.1. The van der Waals surface area contributed by atoms with Gasteiger partial charge in [0, 0.05) is 12.8 Å². The zero-order chi connectivity index (χ0) is 21.0. The zero-order valence-corrected chi connectivity index (χ0v) is 17.1. The maximum atomic E-state index is 12.4. The molecule has 0 radical (unpaired) electrons. The fourth-order valence-corrected chi connectivity index (χ4v) is 3.65. The van der Waals surface area contributed by atoms with Crippen molar-refractivity contribution in [2.45, 2.75) is 31.1 Å². The van der Waals surface area contributed by atoms with Gasteiger partial charge in [-0.1, -0.05) is 30.8 Å². The Hall–Kier alpha value is -2.56. The van der Waals surface area contributed by atoms with Crippen molar-refractivity contribution in [3.8, 4) is 5.75 Å². The summed E-state index contributed by atoms with van der Waals surface area (Å²) >= 11 is 1.24. The number of aromatic amines is 1. The molecule has 3 N–H and O–H groups in total. The van der Waals surface area contributed by atoms with Gasteiger partial charge in [0.2, 0.25) is 0 Å². The molecule has 3 aromatic rings. The van der Waals surface area contributed by atoms with E-state index in [1.165, 1.54) is 28.9 Å². The number of benzene rings is 1. The van der Waals surface area contributed by atoms with Gasteiger partial charge in [-0.2, -0.15) is 0 Å². The number of aromatic nitrogens is 4. The van der Waals surface area contributed by atoms with E-state index in [9.17, 15) is 14.7 Å². The Morgan fingerprint density at radius 1 is 1.28 bits per heavy atom. The fourth-order valence-electron chi connectivity index (χ4n) is 2.91. The largest absolute Gasteiger partial charge is 0.491 e. The predicted octanol–water partition coefficient (Wildman–Crippen LogP) is 0.510. The summed E-state index contributed by atoms with van der Waals surface area (Å²) in [6.07, 6.45) is 0.0189. The van der Waals surface area contributed by atoms with E-state index in [4.69, 9.17) is 9.84 Å². The second-order valence-corrected chi connectivity index (χ2v) is 7.59. The number of aryl methyl sites for hydroxylation is 2. The Labute approximate surface area is 171 Å². The molecular weight excluding hydrogens is 396 g/mol. The van der Waals surface area contributed by atoms with E-state index in [0.29, 0.717) is 16.7 Å². The maximum absolute atomic E-state index is 12.4. The van der Waals surface area contributed by atoms with E-state index in [1.54, 1.807) is 4.57 Å². The topological polar surface area (TPSA) is 122 Å². The minimum absolute atomic E-state index is 0.0267.